The standard InChI is InChI=1S/C19H29N5O/c1-3-20-19(21-11-8-14-25-4-2)22-15-17-9-5-6-10-18(17)16-24-13-7-12-23-24/h5-7,9-10,12-13H,3-4,8,11,14-16H2,1-2H3,(H2,20,21,22). The Morgan fingerprint density at radius 2 is 2.00 bits per heavy atom. The number of benzene rings is 1. The van der Waals surface area contributed by atoms with Gasteiger partial charge in [-0.25, -0.2) is 4.99 Å². The molecule has 0 amide bonds. The van der Waals surface area contributed by atoms with E-state index < -0.39 is 0 Å². The zero-order chi connectivity index (χ0) is 17.7. The Bertz CT molecular complexity index is 625. The summed E-state index contributed by atoms with van der Waals surface area (Å²) in [6.45, 7) is 8.71. The number of nitrogens with one attached hydrogen (secondary N) is 2. The lowest BCUT2D eigenvalue weighted by Crippen LogP contribution is -2.38. The summed E-state index contributed by atoms with van der Waals surface area (Å²) in [5.41, 5.74) is 2.45. The zero-order valence-electron chi connectivity index (χ0n) is 15.2. The molecule has 0 aliphatic carbocycles. The van der Waals surface area contributed by atoms with Gasteiger partial charge in [0.05, 0.1) is 13.1 Å². The average molecular weight is 343 g/mol. The molecule has 0 aliphatic rings. The summed E-state index contributed by atoms with van der Waals surface area (Å²) in [4.78, 5) is 4.72. The predicted molar refractivity (Wildman–Crippen MR) is 102 cm³/mol. The van der Waals surface area contributed by atoms with E-state index in [2.05, 4.69) is 46.9 Å². The van der Waals surface area contributed by atoms with Gasteiger partial charge in [-0.2, -0.15) is 5.10 Å². The Morgan fingerprint density at radius 3 is 2.72 bits per heavy atom. The maximum absolute atomic E-state index is 5.36. The molecule has 6 nitrogen and oxygen atoms in total. The van der Waals surface area contributed by atoms with E-state index in [1.807, 2.05) is 23.9 Å². The second-order valence-electron chi connectivity index (χ2n) is 5.64. The lowest BCUT2D eigenvalue weighted by molar-refractivity contribution is 0.145. The Kier molecular flexibility index (Phi) is 8.55. The first kappa shape index (κ1) is 19.0. The number of ether oxygens (including phenoxy) is 1. The highest BCUT2D eigenvalue weighted by Gasteiger charge is 2.04. The van der Waals surface area contributed by atoms with E-state index in [0.717, 1.165) is 45.2 Å². The van der Waals surface area contributed by atoms with Gasteiger partial charge in [-0.05, 0) is 37.5 Å². The number of guanidine groups is 1. The Balaban J connectivity index is 1.94. The highest BCUT2D eigenvalue weighted by atomic mass is 16.5. The first-order valence-corrected chi connectivity index (χ1v) is 8.97. The quantitative estimate of drug-likeness (QED) is 0.395. The number of rotatable bonds is 10. The van der Waals surface area contributed by atoms with Gasteiger partial charge < -0.3 is 15.4 Å². The van der Waals surface area contributed by atoms with E-state index in [4.69, 9.17) is 9.73 Å². The molecule has 0 spiro atoms. The molecule has 1 aromatic heterocycles. The summed E-state index contributed by atoms with van der Waals surface area (Å²) in [5.74, 6) is 0.841. The van der Waals surface area contributed by atoms with Crippen molar-refractivity contribution in [2.75, 3.05) is 26.3 Å². The smallest absolute Gasteiger partial charge is 0.191 e. The third-order valence-electron chi connectivity index (χ3n) is 3.72. The molecule has 6 heteroatoms. The van der Waals surface area contributed by atoms with Gasteiger partial charge in [0.25, 0.3) is 0 Å². The van der Waals surface area contributed by atoms with Crippen LogP contribution >= 0.6 is 0 Å². The van der Waals surface area contributed by atoms with E-state index in [-0.39, 0.29) is 0 Å². The number of hydrogen-bond acceptors (Lipinski definition) is 3. The molecule has 0 unspecified atom stereocenters. The minimum Gasteiger partial charge on any atom is -0.382 e. The molecule has 0 saturated heterocycles. The maximum atomic E-state index is 5.36. The van der Waals surface area contributed by atoms with E-state index in [1.54, 1.807) is 6.20 Å². The van der Waals surface area contributed by atoms with Gasteiger partial charge in [0, 0.05) is 38.7 Å². The van der Waals surface area contributed by atoms with Crippen molar-refractivity contribution < 1.29 is 4.74 Å². The molecule has 0 atom stereocenters. The van der Waals surface area contributed by atoms with Gasteiger partial charge in [0.1, 0.15) is 0 Å². The molecule has 1 aromatic carbocycles. The number of hydrogen-bond donors (Lipinski definition) is 2. The Labute approximate surface area is 150 Å². The Morgan fingerprint density at radius 1 is 1.16 bits per heavy atom. The van der Waals surface area contributed by atoms with Gasteiger partial charge in [0.15, 0.2) is 5.96 Å². The molecular formula is C19H29N5O. The van der Waals surface area contributed by atoms with E-state index in [0.29, 0.717) is 6.54 Å². The first-order valence-electron chi connectivity index (χ1n) is 8.97. The molecule has 0 radical (unpaired) electrons. The summed E-state index contributed by atoms with van der Waals surface area (Å²) < 4.78 is 7.29. The van der Waals surface area contributed by atoms with Crippen LogP contribution in [0.2, 0.25) is 0 Å². The van der Waals surface area contributed by atoms with E-state index in [1.165, 1.54) is 11.1 Å². The van der Waals surface area contributed by atoms with Crippen molar-refractivity contribution in [3.8, 4) is 0 Å². The number of aromatic nitrogens is 2. The summed E-state index contributed by atoms with van der Waals surface area (Å²) in [6.07, 6.45) is 4.74. The summed E-state index contributed by atoms with van der Waals surface area (Å²) in [7, 11) is 0. The second kappa shape index (κ2) is 11.3. The fourth-order valence-corrected chi connectivity index (χ4v) is 2.47. The Hall–Kier alpha value is -2.34. The van der Waals surface area contributed by atoms with Crippen molar-refractivity contribution in [1.82, 2.24) is 20.4 Å². The normalized spacial score (nSPS) is 11.5. The van der Waals surface area contributed by atoms with Crippen LogP contribution in [0.1, 0.15) is 31.4 Å². The molecule has 2 aromatic rings. The minimum atomic E-state index is 0.637. The highest BCUT2D eigenvalue weighted by molar-refractivity contribution is 5.79. The number of nitrogens with zero attached hydrogens (tertiary/aromatic N) is 3. The molecule has 0 bridgehead atoms. The van der Waals surface area contributed by atoms with Crippen LogP contribution in [-0.4, -0.2) is 42.0 Å². The third-order valence-corrected chi connectivity index (χ3v) is 3.72. The molecule has 0 fully saturated rings. The van der Waals surface area contributed by atoms with E-state index in [9.17, 15) is 0 Å². The first-order chi connectivity index (χ1) is 12.3. The molecule has 1 heterocycles. The topological polar surface area (TPSA) is 63.5 Å². The second-order valence-corrected chi connectivity index (χ2v) is 5.64. The average Bonchev–Trinajstić information content (AvgIpc) is 3.13. The van der Waals surface area contributed by atoms with Crippen LogP contribution in [0.25, 0.3) is 0 Å². The van der Waals surface area contributed by atoms with Gasteiger partial charge in [-0.3, -0.25) is 4.68 Å². The summed E-state index contributed by atoms with van der Waals surface area (Å²) in [5, 5.41) is 10.9. The molecule has 0 aliphatic heterocycles. The van der Waals surface area contributed by atoms with E-state index >= 15 is 0 Å². The fraction of sp³-hybridized carbons (Fsp3) is 0.474. The van der Waals surface area contributed by atoms with Crippen molar-refractivity contribution in [1.29, 1.82) is 0 Å². The van der Waals surface area contributed by atoms with Gasteiger partial charge >= 0.3 is 0 Å². The molecule has 2 N–H and O–H groups in total. The molecule has 136 valence electrons. The lowest BCUT2D eigenvalue weighted by Gasteiger charge is -2.12. The minimum absolute atomic E-state index is 0.637. The molecule has 2 rings (SSSR count). The predicted octanol–water partition coefficient (Wildman–Crippen LogP) is 2.41. The molecule has 0 saturated carbocycles. The van der Waals surface area contributed by atoms with Gasteiger partial charge in [0.2, 0.25) is 0 Å². The maximum Gasteiger partial charge on any atom is 0.191 e. The van der Waals surface area contributed by atoms with Gasteiger partial charge in [-0.1, -0.05) is 24.3 Å². The highest BCUT2D eigenvalue weighted by Crippen LogP contribution is 2.11. The van der Waals surface area contributed by atoms with Crippen molar-refractivity contribution in [2.24, 2.45) is 4.99 Å². The third kappa shape index (κ3) is 6.97. The lowest BCUT2D eigenvalue weighted by atomic mass is 10.1. The molecule has 25 heavy (non-hydrogen) atoms. The van der Waals surface area contributed by atoms with Crippen LogP contribution in [0.4, 0.5) is 0 Å². The van der Waals surface area contributed by atoms with Crippen LogP contribution in [0.5, 0.6) is 0 Å². The number of aliphatic imine (C=N–C) groups is 1. The van der Waals surface area contributed by atoms with Crippen molar-refractivity contribution >= 4 is 5.96 Å². The zero-order valence-corrected chi connectivity index (χ0v) is 15.2. The van der Waals surface area contributed by atoms with Crippen LogP contribution in [0.3, 0.4) is 0 Å². The van der Waals surface area contributed by atoms with Crippen LogP contribution in [-0.2, 0) is 17.8 Å². The van der Waals surface area contributed by atoms with Crippen molar-refractivity contribution in [3.05, 3.63) is 53.9 Å². The van der Waals surface area contributed by atoms with Crippen molar-refractivity contribution in [3.63, 3.8) is 0 Å². The van der Waals surface area contributed by atoms with Gasteiger partial charge in [-0.15, -0.1) is 0 Å². The van der Waals surface area contributed by atoms with Crippen LogP contribution in [0, 0.1) is 0 Å². The van der Waals surface area contributed by atoms with Crippen molar-refractivity contribution in [2.45, 2.75) is 33.4 Å². The van der Waals surface area contributed by atoms with Crippen LogP contribution < -0.4 is 10.6 Å². The largest absolute Gasteiger partial charge is 0.382 e. The molecular weight excluding hydrogens is 314 g/mol. The summed E-state index contributed by atoms with van der Waals surface area (Å²) in [6, 6.07) is 10.3. The monoisotopic (exact) mass is 343 g/mol. The summed E-state index contributed by atoms with van der Waals surface area (Å²) >= 11 is 0. The SMILES string of the molecule is CCNC(=NCc1ccccc1Cn1cccn1)NCCCOCC. The fourth-order valence-electron chi connectivity index (χ4n) is 2.47. The van der Waals surface area contributed by atoms with Crippen LogP contribution in [0.15, 0.2) is 47.7 Å².